The van der Waals surface area contributed by atoms with Crippen molar-refractivity contribution in [2.75, 3.05) is 7.11 Å². The van der Waals surface area contributed by atoms with Crippen molar-refractivity contribution in [3.05, 3.63) is 35.8 Å². The van der Waals surface area contributed by atoms with E-state index in [1.165, 1.54) is 13.4 Å². The first kappa shape index (κ1) is 26.1. The predicted octanol–water partition coefficient (Wildman–Crippen LogP) is 2.32. The monoisotopic (exact) mass is 488 g/mol. The molecule has 2 aromatic heterocycles. The second-order valence-electron chi connectivity index (χ2n) is 9.08. The van der Waals surface area contributed by atoms with Gasteiger partial charge in [-0.1, -0.05) is 39.8 Å². The van der Waals surface area contributed by atoms with Crippen LogP contribution in [0.2, 0.25) is 0 Å². The molecule has 11 heteroatoms. The molecule has 1 aliphatic heterocycles. The molecule has 0 radical (unpaired) electrons. The van der Waals surface area contributed by atoms with Crippen LogP contribution in [0.25, 0.3) is 11.6 Å². The molecule has 3 N–H and O–H groups in total. The number of nitrogens with one attached hydrogen (secondary N) is 2. The largest absolute Gasteiger partial charge is 0.464 e. The quantitative estimate of drug-likeness (QED) is 0.410. The fourth-order valence-corrected chi connectivity index (χ4v) is 3.54. The highest BCUT2D eigenvalue weighted by molar-refractivity contribution is 5.89. The van der Waals surface area contributed by atoms with Crippen LogP contribution in [-0.2, 0) is 20.7 Å². The van der Waals surface area contributed by atoms with Crippen LogP contribution < -0.4 is 10.6 Å². The summed E-state index contributed by atoms with van der Waals surface area (Å²) in [5.41, 5.74) is 0.347. The maximum absolute atomic E-state index is 13.2. The number of aliphatic hydroxyl groups excluding tert-OH is 1. The first-order valence-electron chi connectivity index (χ1n) is 11.6. The van der Waals surface area contributed by atoms with Crippen molar-refractivity contribution in [2.24, 2.45) is 11.8 Å². The highest BCUT2D eigenvalue weighted by Crippen LogP contribution is 2.30. The van der Waals surface area contributed by atoms with Gasteiger partial charge in [0.2, 0.25) is 23.6 Å². The van der Waals surface area contributed by atoms with E-state index in [0.29, 0.717) is 24.3 Å². The molecule has 3 rings (SSSR count). The normalized spacial score (nSPS) is 20.5. The van der Waals surface area contributed by atoms with Crippen LogP contribution in [0.15, 0.2) is 27.2 Å². The number of methoxy groups -OCH3 is 1. The molecule has 11 nitrogen and oxygen atoms in total. The van der Waals surface area contributed by atoms with E-state index < -0.39 is 36.0 Å². The van der Waals surface area contributed by atoms with Crippen molar-refractivity contribution in [1.82, 2.24) is 20.6 Å². The molecule has 0 aliphatic carbocycles. The number of oxazole rings is 2. The number of rotatable bonds is 6. The van der Waals surface area contributed by atoms with E-state index in [1.54, 1.807) is 19.9 Å². The Morgan fingerprint density at radius 1 is 1.23 bits per heavy atom. The van der Waals surface area contributed by atoms with E-state index in [0.717, 1.165) is 0 Å². The van der Waals surface area contributed by atoms with Gasteiger partial charge in [-0.3, -0.25) is 9.59 Å². The number of hydrogen-bond donors (Lipinski definition) is 3. The van der Waals surface area contributed by atoms with E-state index in [2.05, 4.69) is 25.3 Å². The van der Waals surface area contributed by atoms with Crippen LogP contribution in [0.1, 0.15) is 68.7 Å². The van der Waals surface area contributed by atoms with Gasteiger partial charge in [-0.2, -0.15) is 0 Å². The number of ether oxygens (including phenoxy) is 1. The lowest BCUT2D eigenvalue weighted by molar-refractivity contribution is -0.135. The van der Waals surface area contributed by atoms with Crippen LogP contribution in [0.3, 0.4) is 0 Å². The molecule has 0 fully saturated rings. The topological polar surface area (TPSA) is 157 Å². The number of aryl methyl sites for hydroxylation is 1. The zero-order chi connectivity index (χ0) is 25.7. The van der Waals surface area contributed by atoms with Gasteiger partial charge in [0, 0.05) is 6.42 Å². The number of aliphatic hydroxyl groups is 1. The Kier molecular flexibility index (Phi) is 8.44. The lowest BCUT2D eigenvalue weighted by Gasteiger charge is -2.25. The summed E-state index contributed by atoms with van der Waals surface area (Å²) in [6, 6.07) is -1.49. The first-order chi connectivity index (χ1) is 16.6. The van der Waals surface area contributed by atoms with Crippen molar-refractivity contribution < 1.29 is 33.1 Å². The number of fused-ring (bicyclic) bond motifs is 2. The van der Waals surface area contributed by atoms with E-state index >= 15 is 0 Å². The van der Waals surface area contributed by atoms with Crippen molar-refractivity contribution in [3.8, 4) is 11.6 Å². The molecule has 3 heterocycles. The summed E-state index contributed by atoms with van der Waals surface area (Å²) in [5, 5.41) is 15.6. The molecule has 2 aromatic rings. The Balaban J connectivity index is 1.92. The predicted molar refractivity (Wildman–Crippen MR) is 124 cm³/mol. The molecule has 2 amide bonds. The Morgan fingerprint density at radius 2 is 1.97 bits per heavy atom. The average Bonchev–Trinajstić information content (AvgIpc) is 3.46. The number of amides is 2. The minimum absolute atomic E-state index is 0.00620. The number of carbonyl (C=O) groups is 3. The van der Waals surface area contributed by atoms with Gasteiger partial charge in [-0.15, -0.1) is 0 Å². The van der Waals surface area contributed by atoms with Crippen LogP contribution >= 0.6 is 0 Å². The van der Waals surface area contributed by atoms with Gasteiger partial charge in [-0.25, -0.2) is 14.8 Å². The van der Waals surface area contributed by atoms with E-state index in [9.17, 15) is 19.5 Å². The fourth-order valence-electron chi connectivity index (χ4n) is 3.54. The number of carbonyl (C=O) groups excluding carboxylic acids is 3. The van der Waals surface area contributed by atoms with E-state index in [4.69, 9.17) is 8.83 Å². The highest BCUT2D eigenvalue weighted by Gasteiger charge is 2.32. The number of hydrogen-bond acceptors (Lipinski definition) is 9. The lowest BCUT2D eigenvalue weighted by atomic mass is 10.0. The van der Waals surface area contributed by atoms with Gasteiger partial charge >= 0.3 is 5.97 Å². The molecule has 190 valence electrons. The lowest BCUT2D eigenvalue weighted by Crippen LogP contribution is -2.51. The van der Waals surface area contributed by atoms with Gasteiger partial charge in [-0.05, 0) is 24.7 Å². The number of allylic oxidation sites excluding steroid dienone is 1. The minimum atomic E-state index is -1.22. The summed E-state index contributed by atoms with van der Waals surface area (Å²) in [6.07, 6.45) is 4.93. The SMILES string of the molecule is COC(=O)c1coc(-c2nc3oc2CC/C=C/C[C@H](NC(=O)[C@@H](O)C(C)C)C(=O)NC3C(C)C)n1. The standard InChI is InChI=1S/C24H32N4O7/c1-12(2)17-23-28-18(22-26-15(11-34-22)24(32)33-5)16(35-23)10-8-6-7-9-14(20(30)27-17)25-21(31)19(29)13(3)4/h6-7,11-14,17,19,29H,8-10H2,1-5H3,(H,25,31)(H,27,30)/b7-6+/t14-,17?,19-/m0/s1. The van der Waals surface area contributed by atoms with Gasteiger partial charge in [0.25, 0.3) is 0 Å². The number of aromatic nitrogens is 2. The van der Waals surface area contributed by atoms with E-state index in [1.807, 2.05) is 19.9 Å². The van der Waals surface area contributed by atoms with Crippen LogP contribution in [0, 0.1) is 11.8 Å². The van der Waals surface area contributed by atoms with Gasteiger partial charge in [0.05, 0.1) is 7.11 Å². The maximum atomic E-state index is 13.2. The van der Waals surface area contributed by atoms with Crippen LogP contribution in [0.5, 0.6) is 0 Å². The van der Waals surface area contributed by atoms with Gasteiger partial charge < -0.3 is 29.3 Å². The molecule has 0 spiro atoms. The summed E-state index contributed by atoms with van der Waals surface area (Å²) in [4.78, 5) is 46.1. The highest BCUT2D eigenvalue weighted by atomic mass is 16.5. The van der Waals surface area contributed by atoms with E-state index in [-0.39, 0.29) is 35.7 Å². The Bertz CT molecular complexity index is 1090. The smallest absolute Gasteiger partial charge is 0.360 e. The van der Waals surface area contributed by atoms with Crippen LogP contribution in [0.4, 0.5) is 0 Å². The molecule has 1 aliphatic rings. The summed E-state index contributed by atoms with van der Waals surface area (Å²) in [5.74, 6) is -1.19. The Hall–Kier alpha value is -3.47. The molecule has 0 saturated heterocycles. The molecule has 2 bridgehead atoms. The molecular weight excluding hydrogens is 456 g/mol. The summed E-state index contributed by atoms with van der Waals surface area (Å²) in [6.45, 7) is 7.24. The number of esters is 1. The van der Waals surface area contributed by atoms with Crippen molar-refractivity contribution in [3.63, 3.8) is 0 Å². The van der Waals surface area contributed by atoms with Gasteiger partial charge in [0.1, 0.15) is 30.2 Å². The Labute approximate surface area is 203 Å². The number of nitrogens with zero attached hydrogens (tertiary/aromatic N) is 2. The third kappa shape index (κ3) is 6.16. The zero-order valence-corrected chi connectivity index (χ0v) is 20.5. The fraction of sp³-hybridized carbons (Fsp3) is 0.542. The van der Waals surface area contributed by atoms with Crippen molar-refractivity contribution >= 4 is 17.8 Å². The van der Waals surface area contributed by atoms with Gasteiger partial charge in [0.15, 0.2) is 11.4 Å². The van der Waals surface area contributed by atoms with Crippen molar-refractivity contribution in [2.45, 2.75) is 65.1 Å². The minimum Gasteiger partial charge on any atom is -0.464 e. The third-order valence-electron chi connectivity index (χ3n) is 5.66. The zero-order valence-electron chi connectivity index (χ0n) is 20.5. The first-order valence-corrected chi connectivity index (χ1v) is 11.6. The van der Waals surface area contributed by atoms with Crippen molar-refractivity contribution in [1.29, 1.82) is 0 Å². The third-order valence-corrected chi connectivity index (χ3v) is 5.66. The summed E-state index contributed by atoms with van der Waals surface area (Å²) < 4.78 is 16.2. The van der Waals surface area contributed by atoms with Crippen LogP contribution in [-0.4, -0.2) is 52.1 Å². The second-order valence-corrected chi connectivity index (χ2v) is 9.08. The summed E-state index contributed by atoms with van der Waals surface area (Å²) >= 11 is 0. The molecule has 0 aromatic carbocycles. The summed E-state index contributed by atoms with van der Waals surface area (Å²) in [7, 11) is 1.25. The molecule has 1 unspecified atom stereocenters. The molecular formula is C24H32N4O7. The molecule has 3 atom stereocenters. The Morgan fingerprint density at radius 3 is 2.63 bits per heavy atom. The average molecular weight is 489 g/mol. The molecule has 0 saturated carbocycles. The molecule has 35 heavy (non-hydrogen) atoms. The maximum Gasteiger partial charge on any atom is 0.360 e. The second kappa shape index (κ2) is 11.3.